The summed E-state index contributed by atoms with van der Waals surface area (Å²) in [4.78, 5) is 4.13. The van der Waals surface area contributed by atoms with Crippen molar-refractivity contribution < 1.29 is 0 Å². The number of hydrogen-bond acceptors (Lipinski definition) is 2. The van der Waals surface area contributed by atoms with Crippen LogP contribution in [0.5, 0.6) is 0 Å². The lowest BCUT2D eigenvalue weighted by molar-refractivity contribution is 0.457. The van der Waals surface area contributed by atoms with Gasteiger partial charge in [0.1, 0.15) is 0 Å². The molecule has 10 heavy (non-hydrogen) atoms. The van der Waals surface area contributed by atoms with Crippen molar-refractivity contribution in [2.75, 3.05) is 6.54 Å². The molecular weight excluding hydrogens is 124 g/mol. The number of nitrogens with two attached hydrogens (primary N) is 1. The zero-order valence-electron chi connectivity index (χ0n) is 6.38. The first-order valence-electron chi connectivity index (χ1n) is 3.59. The molecule has 0 saturated heterocycles. The van der Waals surface area contributed by atoms with Crippen LogP contribution < -0.4 is 5.73 Å². The van der Waals surface area contributed by atoms with Gasteiger partial charge in [-0.3, -0.25) is 4.99 Å². The molecule has 0 aromatic heterocycles. The quantitative estimate of drug-likeness (QED) is 0.567. The van der Waals surface area contributed by atoms with Gasteiger partial charge in [0.2, 0.25) is 0 Å². The molecule has 2 N–H and O–H groups in total. The molecular formula is C8H14N2. The Morgan fingerprint density at radius 3 is 3.00 bits per heavy atom. The Kier molecular flexibility index (Phi) is 1.90. The molecule has 0 fully saturated rings. The predicted molar refractivity (Wildman–Crippen MR) is 44.3 cm³/mol. The van der Waals surface area contributed by atoms with Crippen LogP contribution in [0.15, 0.2) is 17.6 Å². The lowest BCUT2D eigenvalue weighted by Crippen LogP contribution is -2.41. The third-order valence-electron chi connectivity index (χ3n) is 2.09. The molecule has 0 aromatic carbocycles. The minimum absolute atomic E-state index is 0.264. The minimum Gasteiger partial charge on any atom is -0.322 e. The molecule has 0 aromatic rings. The van der Waals surface area contributed by atoms with Gasteiger partial charge >= 0.3 is 0 Å². The SMILES string of the molecule is C=CC(C)(N)C1C=NCC1. The predicted octanol–water partition coefficient (Wildman–Crippen LogP) is 0.981. The molecule has 0 bridgehead atoms. The normalized spacial score (nSPS) is 30.0. The standard InChI is InChI=1S/C8H14N2/c1-3-8(2,9)7-4-5-10-6-7/h3,6-7H,1,4-5,9H2,2H3. The van der Waals surface area contributed by atoms with Gasteiger partial charge in [-0.25, -0.2) is 0 Å². The van der Waals surface area contributed by atoms with E-state index in [0.717, 1.165) is 13.0 Å². The lowest BCUT2D eigenvalue weighted by atomic mass is 9.86. The van der Waals surface area contributed by atoms with E-state index in [0.29, 0.717) is 5.92 Å². The third-order valence-corrected chi connectivity index (χ3v) is 2.09. The first-order chi connectivity index (χ1) is 4.67. The van der Waals surface area contributed by atoms with Gasteiger partial charge in [-0.1, -0.05) is 6.08 Å². The van der Waals surface area contributed by atoms with Crippen LogP contribution in [0.2, 0.25) is 0 Å². The maximum Gasteiger partial charge on any atom is 0.0392 e. The van der Waals surface area contributed by atoms with E-state index in [1.807, 2.05) is 13.1 Å². The fraction of sp³-hybridized carbons (Fsp3) is 0.625. The highest BCUT2D eigenvalue weighted by Gasteiger charge is 2.26. The van der Waals surface area contributed by atoms with E-state index < -0.39 is 0 Å². The Bertz CT molecular complexity index is 159. The van der Waals surface area contributed by atoms with Gasteiger partial charge in [-0.2, -0.15) is 0 Å². The van der Waals surface area contributed by atoms with Gasteiger partial charge in [0.05, 0.1) is 0 Å². The summed E-state index contributed by atoms with van der Waals surface area (Å²) in [7, 11) is 0. The van der Waals surface area contributed by atoms with Crippen molar-refractivity contribution in [2.45, 2.75) is 18.9 Å². The fourth-order valence-corrected chi connectivity index (χ4v) is 1.11. The van der Waals surface area contributed by atoms with E-state index in [9.17, 15) is 0 Å². The average molecular weight is 138 g/mol. The van der Waals surface area contributed by atoms with E-state index in [1.54, 1.807) is 6.08 Å². The molecule has 0 saturated carbocycles. The second-order valence-corrected chi connectivity index (χ2v) is 3.02. The number of aliphatic imine (C=N–C) groups is 1. The second-order valence-electron chi connectivity index (χ2n) is 3.02. The maximum absolute atomic E-state index is 5.91. The molecule has 1 aliphatic rings. The van der Waals surface area contributed by atoms with Crippen molar-refractivity contribution in [1.29, 1.82) is 0 Å². The molecule has 0 radical (unpaired) electrons. The van der Waals surface area contributed by atoms with Gasteiger partial charge in [0.25, 0.3) is 0 Å². The summed E-state index contributed by atoms with van der Waals surface area (Å²) >= 11 is 0. The fourth-order valence-electron chi connectivity index (χ4n) is 1.11. The highest BCUT2D eigenvalue weighted by molar-refractivity contribution is 5.65. The van der Waals surface area contributed by atoms with E-state index in [4.69, 9.17) is 5.73 Å². The number of nitrogens with zero attached hydrogens (tertiary/aromatic N) is 1. The molecule has 1 rings (SSSR count). The molecule has 2 atom stereocenters. The van der Waals surface area contributed by atoms with Crippen LogP contribution in [0.3, 0.4) is 0 Å². The summed E-state index contributed by atoms with van der Waals surface area (Å²) in [5.41, 5.74) is 5.65. The van der Waals surface area contributed by atoms with Crippen LogP contribution in [0.4, 0.5) is 0 Å². The minimum atomic E-state index is -0.264. The summed E-state index contributed by atoms with van der Waals surface area (Å²) in [6.45, 7) is 6.60. The van der Waals surface area contributed by atoms with Crippen molar-refractivity contribution >= 4 is 6.21 Å². The first kappa shape index (κ1) is 7.48. The highest BCUT2D eigenvalue weighted by Crippen LogP contribution is 2.20. The summed E-state index contributed by atoms with van der Waals surface area (Å²) in [5, 5.41) is 0. The summed E-state index contributed by atoms with van der Waals surface area (Å²) < 4.78 is 0. The van der Waals surface area contributed by atoms with Gasteiger partial charge in [0.15, 0.2) is 0 Å². The summed E-state index contributed by atoms with van der Waals surface area (Å²) in [5.74, 6) is 0.394. The van der Waals surface area contributed by atoms with Gasteiger partial charge in [-0.15, -0.1) is 6.58 Å². The lowest BCUT2D eigenvalue weighted by Gasteiger charge is -2.25. The average Bonchev–Trinajstić information content (AvgIpc) is 2.38. The van der Waals surface area contributed by atoms with E-state index in [-0.39, 0.29) is 5.54 Å². The largest absolute Gasteiger partial charge is 0.322 e. The van der Waals surface area contributed by atoms with Crippen molar-refractivity contribution in [1.82, 2.24) is 0 Å². The Labute approximate surface area is 61.8 Å². The Morgan fingerprint density at radius 1 is 1.90 bits per heavy atom. The molecule has 2 nitrogen and oxygen atoms in total. The maximum atomic E-state index is 5.91. The second kappa shape index (κ2) is 2.54. The molecule has 0 spiro atoms. The smallest absolute Gasteiger partial charge is 0.0392 e. The van der Waals surface area contributed by atoms with Crippen LogP contribution in [0.1, 0.15) is 13.3 Å². The van der Waals surface area contributed by atoms with E-state index in [1.165, 1.54) is 0 Å². The Balaban J connectivity index is 2.62. The van der Waals surface area contributed by atoms with Crippen LogP contribution in [0, 0.1) is 5.92 Å². The molecule has 1 aliphatic heterocycles. The molecule has 1 heterocycles. The molecule has 2 unspecified atom stereocenters. The van der Waals surface area contributed by atoms with Crippen LogP contribution in [0.25, 0.3) is 0 Å². The topological polar surface area (TPSA) is 38.4 Å². The zero-order valence-corrected chi connectivity index (χ0v) is 6.38. The summed E-state index contributed by atoms with van der Waals surface area (Å²) in [6.07, 6.45) is 4.82. The highest BCUT2D eigenvalue weighted by atomic mass is 14.8. The Hall–Kier alpha value is -0.630. The molecule has 0 aliphatic carbocycles. The van der Waals surface area contributed by atoms with Crippen molar-refractivity contribution in [3.63, 3.8) is 0 Å². The van der Waals surface area contributed by atoms with Gasteiger partial charge in [-0.05, 0) is 13.3 Å². The van der Waals surface area contributed by atoms with Crippen LogP contribution in [-0.2, 0) is 0 Å². The summed E-state index contributed by atoms with van der Waals surface area (Å²) in [6, 6.07) is 0. The molecule has 56 valence electrons. The third kappa shape index (κ3) is 1.27. The molecule has 0 amide bonds. The Morgan fingerprint density at radius 2 is 2.60 bits per heavy atom. The van der Waals surface area contributed by atoms with Gasteiger partial charge in [0, 0.05) is 24.2 Å². The van der Waals surface area contributed by atoms with E-state index >= 15 is 0 Å². The monoisotopic (exact) mass is 138 g/mol. The van der Waals surface area contributed by atoms with Crippen molar-refractivity contribution in [3.05, 3.63) is 12.7 Å². The van der Waals surface area contributed by atoms with E-state index in [2.05, 4.69) is 11.6 Å². The molecule has 2 heteroatoms. The van der Waals surface area contributed by atoms with Gasteiger partial charge < -0.3 is 5.73 Å². The van der Waals surface area contributed by atoms with Crippen molar-refractivity contribution in [3.8, 4) is 0 Å². The van der Waals surface area contributed by atoms with Crippen LogP contribution in [-0.4, -0.2) is 18.3 Å². The number of hydrogen-bond donors (Lipinski definition) is 1. The number of rotatable bonds is 2. The van der Waals surface area contributed by atoms with Crippen molar-refractivity contribution in [2.24, 2.45) is 16.6 Å². The zero-order chi connectivity index (χ0) is 7.61. The van der Waals surface area contributed by atoms with Crippen LogP contribution >= 0.6 is 0 Å². The first-order valence-corrected chi connectivity index (χ1v) is 3.59.